The molecule has 5 heteroatoms. The average Bonchev–Trinajstić information content (AvgIpc) is 2.83. The van der Waals surface area contributed by atoms with Gasteiger partial charge in [-0.05, 0) is 67.6 Å². The molecule has 1 amide bonds. The third kappa shape index (κ3) is 5.79. The lowest BCUT2D eigenvalue weighted by Gasteiger charge is -2.38. The van der Waals surface area contributed by atoms with Crippen molar-refractivity contribution in [2.45, 2.75) is 17.9 Å². The molecule has 3 rings (SSSR count). The van der Waals surface area contributed by atoms with Gasteiger partial charge in [0.15, 0.2) is 0 Å². The Morgan fingerprint density at radius 2 is 1.97 bits per heavy atom. The molecule has 4 nitrogen and oxygen atoms in total. The second kappa shape index (κ2) is 10.9. The van der Waals surface area contributed by atoms with Crippen molar-refractivity contribution in [1.29, 1.82) is 0 Å². The molecule has 0 bridgehead atoms. The van der Waals surface area contributed by atoms with Crippen LogP contribution in [0.25, 0.3) is 5.57 Å². The Morgan fingerprint density at radius 3 is 2.56 bits per heavy atom. The van der Waals surface area contributed by atoms with Crippen molar-refractivity contribution in [3.8, 4) is 0 Å². The van der Waals surface area contributed by atoms with Crippen molar-refractivity contribution in [2.24, 2.45) is 5.73 Å². The van der Waals surface area contributed by atoms with Crippen molar-refractivity contribution in [3.63, 3.8) is 0 Å². The van der Waals surface area contributed by atoms with Crippen LogP contribution in [0.15, 0.2) is 108 Å². The summed E-state index contributed by atoms with van der Waals surface area (Å²) >= 11 is 0. The van der Waals surface area contributed by atoms with Crippen molar-refractivity contribution in [1.82, 2.24) is 4.90 Å². The highest BCUT2D eigenvalue weighted by atomic mass is 19.1. The smallest absolute Gasteiger partial charge is 0.245 e. The molecule has 2 aromatic rings. The van der Waals surface area contributed by atoms with E-state index in [0.717, 1.165) is 5.56 Å². The number of primary amides is 1. The van der Waals surface area contributed by atoms with Gasteiger partial charge >= 0.3 is 0 Å². The Bertz CT molecular complexity index is 1230. The van der Waals surface area contributed by atoms with Crippen LogP contribution in [-0.2, 0) is 4.79 Å². The normalized spacial score (nSPS) is 15.7. The van der Waals surface area contributed by atoms with E-state index in [9.17, 15) is 14.3 Å². The molecule has 2 unspecified atom stereocenters. The van der Waals surface area contributed by atoms with Crippen molar-refractivity contribution in [3.05, 3.63) is 125 Å². The molecule has 0 saturated carbocycles. The highest BCUT2D eigenvalue weighted by Crippen LogP contribution is 2.43. The summed E-state index contributed by atoms with van der Waals surface area (Å²) in [7, 11) is 3.78. The SMILES string of the molecule is C=C(/C=C(\C(N)=O)C(c1cccc(F)c1)C(O)(CCN(C)C)C1=C=C=CC=C1)c1ccccc1. The van der Waals surface area contributed by atoms with Gasteiger partial charge < -0.3 is 15.7 Å². The third-order valence-electron chi connectivity index (χ3n) is 5.79. The number of allylic oxidation sites excluding steroid dienone is 4. The van der Waals surface area contributed by atoms with Gasteiger partial charge in [0.05, 0.1) is 0 Å². The Morgan fingerprint density at radius 1 is 1.24 bits per heavy atom. The fourth-order valence-corrected chi connectivity index (χ4v) is 4.05. The maximum Gasteiger partial charge on any atom is 0.245 e. The number of benzene rings is 2. The third-order valence-corrected chi connectivity index (χ3v) is 5.79. The molecule has 2 aromatic carbocycles. The Balaban J connectivity index is 2.27. The predicted molar refractivity (Wildman–Crippen MR) is 134 cm³/mol. The van der Waals surface area contributed by atoms with Gasteiger partial charge in [0.25, 0.3) is 0 Å². The first-order chi connectivity index (χ1) is 16.2. The Kier molecular flexibility index (Phi) is 8.01. The molecular weight excluding hydrogens is 427 g/mol. The molecule has 0 aliphatic heterocycles. The molecule has 3 N–H and O–H groups in total. The molecule has 2 atom stereocenters. The van der Waals surface area contributed by atoms with Gasteiger partial charge in [-0.1, -0.05) is 66.6 Å². The highest BCUT2D eigenvalue weighted by Gasteiger charge is 2.44. The fraction of sp³-hybridized carbons (Fsp3) is 0.207. The lowest BCUT2D eigenvalue weighted by Crippen LogP contribution is -2.43. The van der Waals surface area contributed by atoms with Crippen LogP contribution in [0.5, 0.6) is 0 Å². The standard InChI is InChI=1S/C29H29FN2O2/c1-21(22-11-6-4-7-12-22)19-26(28(31)33)27(23-13-10-16-25(30)20-23)29(34,17-18-32(2)3)24-14-8-5-9-15-24/h4-8,10-14,16,19-20,27,34H,1,17-18H2,2-3H3,(H2,31,33)/b26-19-. The summed E-state index contributed by atoms with van der Waals surface area (Å²) in [5.41, 5.74) is 12.5. The van der Waals surface area contributed by atoms with E-state index in [1.165, 1.54) is 12.1 Å². The number of aliphatic hydroxyl groups is 1. The van der Waals surface area contributed by atoms with Gasteiger partial charge in [-0.2, -0.15) is 0 Å². The van der Waals surface area contributed by atoms with E-state index in [-0.39, 0.29) is 12.0 Å². The molecule has 0 spiro atoms. The summed E-state index contributed by atoms with van der Waals surface area (Å²) in [6.45, 7) is 4.60. The van der Waals surface area contributed by atoms with Gasteiger partial charge in [-0.3, -0.25) is 4.79 Å². The van der Waals surface area contributed by atoms with E-state index in [1.54, 1.807) is 36.4 Å². The van der Waals surface area contributed by atoms with E-state index in [0.29, 0.717) is 23.3 Å². The maximum absolute atomic E-state index is 14.4. The minimum absolute atomic E-state index is 0.123. The molecule has 1 aliphatic carbocycles. The highest BCUT2D eigenvalue weighted by molar-refractivity contribution is 5.97. The van der Waals surface area contributed by atoms with E-state index in [4.69, 9.17) is 5.73 Å². The van der Waals surface area contributed by atoms with E-state index < -0.39 is 23.2 Å². The molecule has 1 aliphatic rings. The number of halogens is 1. The van der Waals surface area contributed by atoms with Gasteiger partial charge in [0, 0.05) is 23.6 Å². The van der Waals surface area contributed by atoms with Crippen LogP contribution < -0.4 is 5.73 Å². The summed E-state index contributed by atoms with van der Waals surface area (Å²) in [6.07, 6.45) is 6.96. The number of carbonyl (C=O) groups excluding carboxylic acids is 1. The largest absolute Gasteiger partial charge is 0.383 e. The number of amides is 1. The summed E-state index contributed by atoms with van der Waals surface area (Å²) in [5, 5.41) is 12.3. The zero-order valence-electron chi connectivity index (χ0n) is 19.5. The summed E-state index contributed by atoms with van der Waals surface area (Å²) < 4.78 is 14.4. The van der Waals surface area contributed by atoms with Crippen molar-refractivity contribution in [2.75, 3.05) is 20.6 Å². The van der Waals surface area contributed by atoms with Crippen LogP contribution in [0.4, 0.5) is 4.39 Å². The van der Waals surface area contributed by atoms with Crippen LogP contribution in [-0.4, -0.2) is 42.2 Å². The van der Waals surface area contributed by atoms with Crippen molar-refractivity contribution < 1.29 is 14.3 Å². The maximum atomic E-state index is 14.4. The van der Waals surface area contributed by atoms with E-state index in [1.807, 2.05) is 49.3 Å². The molecule has 0 aromatic heterocycles. The number of hydrogen-bond acceptors (Lipinski definition) is 3. The second-order valence-electron chi connectivity index (χ2n) is 8.53. The van der Waals surface area contributed by atoms with E-state index >= 15 is 0 Å². The zero-order valence-corrected chi connectivity index (χ0v) is 19.5. The summed E-state index contributed by atoms with van der Waals surface area (Å²) in [5.74, 6) is -2.19. The molecule has 174 valence electrons. The molecule has 34 heavy (non-hydrogen) atoms. The number of carbonyl (C=O) groups is 1. The average molecular weight is 457 g/mol. The lowest BCUT2D eigenvalue weighted by molar-refractivity contribution is -0.115. The number of hydrogen-bond donors (Lipinski definition) is 2. The van der Waals surface area contributed by atoms with Gasteiger partial charge in [-0.25, -0.2) is 4.39 Å². The molecule has 0 saturated heterocycles. The van der Waals surface area contributed by atoms with Crippen LogP contribution in [0, 0.1) is 5.82 Å². The minimum atomic E-state index is -1.63. The quantitative estimate of drug-likeness (QED) is 0.314. The van der Waals surface area contributed by atoms with Gasteiger partial charge in [-0.15, -0.1) is 0 Å². The topological polar surface area (TPSA) is 66.6 Å². The molecule has 0 radical (unpaired) electrons. The van der Waals surface area contributed by atoms with Crippen LogP contribution in [0.2, 0.25) is 0 Å². The Hall–Kier alpha value is -3.72. The van der Waals surface area contributed by atoms with Crippen LogP contribution >= 0.6 is 0 Å². The molecule has 0 fully saturated rings. The lowest BCUT2D eigenvalue weighted by atomic mass is 9.70. The summed E-state index contributed by atoms with van der Waals surface area (Å²) in [6, 6.07) is 15.2. The second-order valence-corrected chi connectivity index (χ2v) is 8.53. The number of nitrogens with two attached hydrogens (primary N) is 1. The monoisotopic (exact) mass is 456 g/mol. The van der Waals surface area contributed by atoms with Gasteiger partial charge in [0.1, 0.15) is 11.4 Å². The fourth-order valence-electron chi connectivity index (χ4n) is 4.05. The predicted octanol–water partition coefficient (Wildman–Crippen LogP) is 4.52. The number of nitrogens with zero attached hydrogens (tertiary/aromatic N) is 1. The zero-order chi connectivity index (χ0) is 24.7. The first-order valence-electron chi connectivity index (χ1n) is 11.0. The first kappa shape index (κ1) is 24.9. The van der Waals surface area contributed by atoms with Crippen LogP contribution in [0.3, 0.4) is 0 Å². The number of rotatable bonds is 10. The Labute approximate surface area is 200 Å². The molecular formula is C29H29FN2O2. The first-order valence-corrected chi connectivity index (χ1v) is 11.0. The minimum Gasteiger partial charge on any atom is -0.383 e. The van der Waals surface area contributed by atoms with Gasteiger partial charge in [0.2, 0.25) is 5.91 Å². The molecule has 0 heterocycles. The summed E-state index contributed by atoms with van der Waals surface area (Å²) in [4.78, 5) is 14.8. The van der Waals surface area contributed by atoms with E-state index in [2.05, 4.69) is 18.0 Å². The van der Waals surface area contributed by atoms with Crippen LogP contribution in [0.1, 0.15) is 23.5 Å². The van der Waals surface area contributed by atoms with Crippen molar-refractivity contribution >= 4 is 11.5 Å².